The van der Waals surface area contributed by atoms with Gasteiger partial charge >= 0.3 is 0 Å². The molecule has 0 fully saturated rings. The number of phenols is 6. The van der Waals surface area contributed by atoms with Crippen molar-refractivity contribution in [2.24, 2.45) is 0 Å². The van der Waals surface area contributed by atoms with Gasteiger partial charge in [-0.25, -0.2) is 0 Å². The van der Waals surface area contributed by atoms with Crippen molar-refractivity contribution >= 4 is 11.6 Å². The first-order valence-corrected chi connectivity index (χ1v) is 11.7. The quantitative estimate of drug-likeness (QED) is 0.165. The molecule has 4 rings (SSSR count). The fraction of sp³-hybridized carbons (Fsp3) is 0.286. The van der Waals surface area contributed by atoms with E-state index >= 15 is 0 Å². The summed E-state index contributed by atoms with van der Waals surface area (Å²) in [6, 6.07) is 7.13. The Morgan fingerprint density at radius 2 is 1.11 bits per heavy atom. The second-order valence-electron chi connectivity index (χ2n) is 8.90. The first kappa shape index (κ1) is 26.4. The number of rotatable bonds is 5. The Hall–Kier alpha value is -4.20. The van der Waals surface area contributed by atoms with Crippen LogP contribution in [0.1, 0.15) is 81.1 Å². The van der Waals surface area contributed by atoms with Gasteiger partial charge in [-0.3, -0.25) is 9.59 Å². The number of benzene rings is 3. The number of aryl methyl sites for hydroxylation is 3. The summed E-state index contributed by atoms with van der Waals surface area (Å²) < 4.78 is 0. The Morgan fingerprint density at radius 3 is 1.56 bits per heavy atom. The molecule has 0 amide bonds. The normalized spacial score (nSPS) is 12.0. The molecule has 0 bridgehead atoms. The molecular weight excluding hydrogens is 464 g/mol. The molecule has 36 heavy (non-hydrogen) atoms. The van der Waals surface area contributed by atoms with E-state index in [-0.39, 0.29) is 44.9 Å². The highest BCUT2D eigenvalue weighted by atomic mass is 16.3. The van der Waals surface area contributed by atoms with E-state index in [4.69, 9.17) is 5.11 Å². The van der Waals surface area contributed by atoms with E-state index in [1.165, 1.54) is 39.2 Å². The van der Waals surface area contributed by atoms with Crippen LogP contribution in [0.15, 0.2) is 30.3 Å². The topological polar surface area (TPSA) is 156 Å². The van der Waals surface area contributed by atoms with Crippen molar-refractivity contribution in [2.75, 3.05) is 0 Å². The van der Waals surface area contributed by atoms with Crippen LogP contribution in [-0.2, 0) is 6.42 Å². The average Bonchev–Trinajstić information content (AvgIpc) is 2.81. The molecule has 190 valence electrons. The highest BCUT2D eigenvalue weighted by molar-refractivity contribution is 6.32. The van der Waals surface area contributed by atoms with Crippen molar-refractivity contribution < 1.29 is 40.2 Å². The van der Waals surface area contributed by atoms with Crippen LogP contribution in [0.5, 0.6) is 34.5 Å². The summed E-state index contributed by atoms with van der Waals surface area (Å²) in [5.74, 6) is -3.11. The maximum atomic E-state index is 12.6. The van der Waals surface area contributed by atoms with Gasteiger partial charge < -0.3 is 30.6 Å². The molecule has 1 aliphatic rings. The summed E-state index contributed by atoms with van der Waals surface area (Å²) in [5, 5.41) is 58.7. The van der Waals surface area contributed by atoms with Crippen LogP contribution < -0.4 is 0 Å². The van der Waals surface area contributed by atoms with Gasteiger partial charge in [-0.1, -0.05) is 32.3 Å². The standard InChI is InChI=1S/C16H12O6.C12H18O2/c1-5-3-7(17)9-11(13(5)19)15(21)10-8(18)4-6(2)14(20)12(10)16(9)22;1-2-3-4-5-6-10-7-8-11(13)9-12(10)14/h3-4,17-20H,1-2H3;7-9,13-14H,2-6H2,1H3. The Morgan fingerprint density at radius 1 is 0.611 bits per heavy atom. The molecule has 8 nitrogen and oxygen atoms in total. The lowest BCUT2D eigenvalue weighted by Gasteiger charge is -2.22. The average molecular weight is 495 g/mol. The van der Waals surface area contributed by atoms with Crippen LogP contribution >= 0.6 is 0 Å². The number of phenolic OH excluding ortho intramolecular Hbond substituents is 6. The minimum atomic E-state index is -0.825. The van der Waals surface area contributed by atoms with Gasteiger partial charge in [0.2, 0.25) is 11.6 Å². The zero-order valence-electron chi connectivity index (χ0n) is 20.4. The van der Waals surface area contributed by atoms with Gasteiger partial charge in [-0.15, -0.1) is 0 Å². The van der Waals surface area contributed by atoms with Crippen LogP contribution in [0.2, 0.25) is 0 Å². The Kier molecular flexibility index (Phi) is 7.77. The second kappa shape index (κ2) is 10.6. The monoisotopic (exact) mass is 494 g/mol. The first-order chi connectivity index (χ1) is 17.0. The van der Waals surface area contributed by atoms with E-state index < -0.39 is 34.6 Å². The molecule has 3 aromatic rings. The molecule has 0 radical (unpaired) electrons. The molecule has 0 unspecified atom stereocenters. The van der Waals surface area contributed by atoms with Gasteiger partial charge in [0.25, 0.3) is 0 Å². The zero-order valence-corrected chi connectivity index (χ0v) is 20.4. The predicted octanol–water partition coefficient (Wildman–Crippen LogP) is 5.12. The molecule has 3 aromatic carbocycles. The van der Waals surface area contributed by atoms with E-state index in [0.717, 1.165) is 30.5 Å². The zero-order chi connectivity index (χ0) is 26.7. The van der Waals surface area contributed by atoms with E-state index in [1.54, 1.807) is 12.1 Å². The van der Waals surface area contributed by atoms with Gasteiger partial charge in [-0.05, 0) is 61.6 Å². The number of hydrogen-bond acceptors (Lipinski definition) is 8. The van der Waals surface area contributed by atoms with E-state index in [2.05, 4.69) is 6.92 Å². The molecule has 0 heterocycles. The number of carbonyl (C=O) groups excluding carboxylic acids is 2. The number of fused-ring (bicyclic) bond motifs is 2. The minimum Gasteiger partial charge on any atom is -0.508 e. The van der Waals surface area contributed by atoms with E-state index in [9.17, 15) is 35.1 Å². The second-order valence-corrected chi connectivity index (χ2v) is 8.90. The molecule has 0 aromatic heterocycles. The molecule has 0 atom stereocenters. The summed E-state index contributed by atoms with van der Waals surface area (Å²) in [7, 11) is 0. The number of unbranched alkanes of at least 4 members (excludes halogenated alkanes) is 3. The lowest BCUT2D eigenvalue weighted by molar-refractivity contribution is 0.0969. The van der Waals surface area contributed by atoms with Crippen molar-refractivity contribution in [1.29, 1.82) is 0 Å². The van der Waals surface area contributed by atoms with Gasteiger partial charge in [0.1, 0.15) is 34.5 Å². The molecule has 8 heteroatoms. The number of hydrogen-bond donors (Lipinski definition) is 6. The van der Waals surface area contributed by atoms with Crippen molar-refractivity contribution in [3.8, 4) is 34.5 Å². The van der Waals surface area contributed by atoms with Crippen LogP contribution in [0.3, 0.4) is 0 Å². The lowest BCUT2D eigenvalue weighted by atomic mass is 9.80. The van der Waals surface area contributed by atoms with E-state index in [0.29, 0.717) is 0 Å². The Balaban J connectivity index is 0.000000223. The summed E-state index contributed by atoms with van der Waals surface area (Å²) >= 11 is 0. The number of carbonyl (C=O) groups is 2. The summed E-state index contributed by atoms with van der Waals surface area (Å²) in [4.78, 5) is 25.1. The smallest absolute Gasteiger partial charge is 0.202 e. The number of aromatic hydroxyl groups is 6. The van der Waals surface area contributed by atoms with Gasteiger partial charge in [-0.2, -0.15) is 0 Å². The summed E-state index contributed by atoms with van der Waals surface area (Å²) in [5.41, 5.74) is -0.115. The van der Waals surface area contributed by atoms with Crippen LogP contribution in [0.25, 0.3) is 0 Å². The van der Waals surface area contributed by atoms with Crippen LogP contribution in [-0.4, -0.2) is 42.2 Å². The SMILES string of the molecule is CCCCCCc1ccc(O)cc1O.Cc1cc(O)c2c(c1O)C(=O)c1c(O)cc(C)c(O)c1C2=O. The Labute approximate surface area is 208 Å². The molecule has 1 aliphatic carbocycles. The Bertz CT molecular complexity index is 1270. The fourth-order valence-electron chi connectivity index (χ4n) is 4.24. The molecular formula is C28H30O8. The maximum Gasteiger partial charge on any atom is 0.202 e. The van der Waals surface area contributed by atoms with Crippen molar-refractivity contribution in [2.45, 2.75) is 52.9 Å². The number of ketones is 2. The van der Waals surface area contributed by atoms with Gasteiger partial charge in [0, 0.05) is 6.07 Å². The fourth-order valence-corrected chi connectivity index (χ4v) is 4.24. The summed E-state index contributed by atoms with van der Waals surface area (Å²) in [6.45, 7) is 5.11. The molecule has 0 aliphatic heterocycles. The first-order valence-electron chi connectivity index (χ1n) is 11.7. The highest BCUT2D eigenvalue weighted by Crippen LogP contribution is 2.45. The minimum absolute atomic E-state index is 0.125. The molecule has 0 saturated heterocycles. The largest absolute Gasteiger partial charge is 0.508 e. The highest BCUT2D eigenvalue weighted by Gasteiger charge is 2.39. The van der Waals surface area contributed by atoms with E-state index in [1.807, 2.05) is 0 Å². The third-order valence-corrected chi connectivity index (χ3v) is 6.22. The van der Waals surface area contributed by atoms with Crippen molar-refractivity contribution in [1.82, 2.24) is 0 Å². The van der Waals surface area contributed by atoms with Crippen molar-refractivity contribution in [3.63, 3.8) is 0 Å². The van der Waals surface area contributed by atoms with Crippen molar-refractivity contribution in [3.05, 3.63) is 69.3 Å². The third-order valence-electron chi connectivity index (χ3n) is 6.22. The molecule has 0 spiro atoms. The van der Waals surface area contributed by atoms with Gasteiger partial charge in [0.15, 0.2) is 0 Å². The third kappa shape index (κ3) is 4.93. The summed E-state index contributed by atoms with van der Waals surface area (Å²) in [6.07, 6.45) is 5.68. The predicted molar refractivity (Wildman–Crippen MR) is 133 cm³/mol. The van der Waals surface area contributed by atoms with Crippen LogP contribution in [0.4, 0.5) is 0 Å². The molecule has 0 saturated carbocycles. The molecule has 6 N–H and O–H groups in total. The lowest BCUT2D eigenvalue weighted by Crippen LogP contribution is -2.22. The van der Waals surface area contributed by atoms with Crippen LogP contribution in [0, 0.1) is 13.8 Å². The van der Waals surface area contributed by atoms with Gasteiger partial charge in [0.05, 0.1) is 22.3 Å². The maximum absolute atomic E-state index is 12.6.